The Bertz CT molecular complexity index is 2200. The lowest BCUT2D eigenvalue weighted by Gasteiger charge is -2.31. The Labute approximate surface area is 346 Å². The van der Waals surface area contributed by atoms with Gasteiger partial charge in [-0.15, -0.1) is 13.2 Å². The number of carboxylic acids is 1. The van der Waals surface area contributed by atoms with Crippen molar-refractivity contribution in [1.82, 2.24) is 14.7 Å². The summed E-state index contributed by atoms with van der Waals surface area (Å²) in [6.07, 6.45) is -19.1. The SMILES string of the molecule is N#CC1(N(COC(=O)OC2CCC(OC(=O)CCC(=O)O)CC2)C(=O)c2cc(-c3cnn(-c4c(Cl)cc(C(F)(C(F)(F)F)C(F)(F)F)cc4OC(F)(F)F)c3)ccc2Cl)CC1. The van der Waals surface area contributed by atoms with E-state index in [1.54, 1.807) is 0 Å². The summed E-state index contributed by atoms with van der Waals surface area (Å²) in [4.78, 5) is 50.0. The Kier molecular flexibility index (Phi) is 13.3. The molecule has 25 heteroatoms. The summed E-state index contributed by atoms with van der Waals surface area (Å²) in [7, 11) is 0. The van der Waals surface area contributed by atoms with Gasteiger partial charge in [0.25, 0.3) is 5.91 Å². The van der Waals surface area contributed by atoms with Crippen molar-refractivity contribution in [3.8, 4) is 28.6 Å². The molecule has 2 aliphatic rings. The lowest BCUT2D eigenvalue weighted by Crippen LogP contribution is -2.50. The summed E-state index contributed by atoms with van der Waals surface area (Å²) in [6.45, 7) is -0.806. The van der Waals surface area contributed by atoms with Crippen molar-refractivity contribution in [2.24, 2.45) is 0 Å². The fourth-order valence-corrected chi connectivity index (χ4v) is 6.74. The van der Waals surface area contributed by atoms with E-state index in [2.05, 4.69) is 9.84 Å². The van der Waals surface area contributed by atoms with Gasteiger partial charge in [0.2, 0.25) is 0 Å². The second kappa shape index (κ2) is 17.5. The van der Waals surface area contributed by atoms with Gasteiger partial charge in [0.15, 0.2) is 12.5 Å². The third kappa shape index (κ3) is 10.5. The highest BCUT2D eigenvalue weighted by Crippen LogP contribution is 2.55. The van der Waals surface area contributed by atoms with Gasteiger partial charge in [-0.2, -0.15) is 36.7 Å². The first-order valence-corrected chi connectivity index (χ1v) is 18.3. The van der Waals surface area contributed by atoms with Crippen molar-refractivity contribution in [3.63, 3.8) is 0 Å². The molecule has 61 heavy (non-hydrogen) atoms. The molecular weight excluding hydrogens is 893 g/mol. The van der Waals surface area contributed by atoms with E-state index in [0.717, 1.165) is 23.4 Å². The number of hydrogen-bond donors (Lipinski definition) is 1. The van der Waals surface area contributed by atoms with Crippen molar-refractivity contribution < 1.29 is 87.1 Å². The molecule has 13 nitrogen and oxygen atoms in total. The normalized spacial score (nSPS) is 17.8. The van der Waals surface area contributed by atoms with E-state index in [4.69, 9.17) is 42.5 Å². The molecule has 2 aromatic carbocycles. The molecule has 1 N–H and O–H groups in total. The molecule has 0 unspecified atom stereocenters. The van der Waals surface area contributed by atoms with Crippen molar-refractivity contribution in [1.29, 1.82) is 5.26 Å². The second-order valence-corrected chi connectivity index (χ2v) is 14.5. The molecule has 3 aromatic rings. The molecule has 1 aromatic heterocycles. The van der Waals surface area contributed by atoms with Gasteiger partial charge < -0.3 is 24.1 Å². The summed E-state index contributed by atoms with van der Waals surface area (Å²) >= 11 is 12.3. The first-order valence-electron chi connectivity index (χ1n) is 17.5. The van der Waals surface area contributed by atoms with Crippen LogP contribution in [0.5, 0.6) is 5.75 Å². The highest BCUT2D eigenvalue weighted by atomic mass is 35.5. The van der Waals surface area contributed by atoms with E-state index in [0.29, 0.717) is 4.68 Å². The molecule has 330 valence electrons. The smallest absolute Gasteiger partial charge is 0.481 e. The third-order valence-electron chi connectivity index (χ3n) is 9.51. The standard InChI is InChI=1S/C36H28Cl2F10N4O9/c37-24-6-1-18(19-14-50-52(15-19)29-25(38)12-20(13-26(29)61-36(46,47)48)33(39,34(40,41)42)35(43,44)45)11-23(24)30(56)51(32(16-49)9-10-32)17-58-31(57)60-22-4-2-21(3-5-22)59-28(55)8-7-27(53)54/h1,6,11-15,21-22H,2-5,7-10,17H2,(H,53,54). The van der Waals surface area contributed by atoms with E-state index >= 15 is 0 Å². The number of nitriles is 1. The Balaban J connectivity index is 1.35. The van der Waals surface area contributed by atoms with Crippen LogP contribution in [0.25, 0.3) is 16.8 Å². The molecule has 2 fully saturated rings. The first-order chi connectivity index (χ1) is 28.3. The molecule has 0 saturated heterocycles. The number of aromatic nitrogens is 2. The summed E-state index contributed by atoms with van der Waals surface area (Å²) < 4.78 is 156. The maximum absolute atomic E-state index is 14.9. The first kappa shape index (κ1) is 46.6. The molecule has 0 radical (unpaired) electrons. The Morgan fingerprint density at radius 2 is 1.48 bits per heavy atom. The number of rotatable bonds is 13. The van der Waals surface area contributed by atoms with Gasteiger partial charge in [0.05, 0.1) is 40.7 Å². The topological polar surface area (TPSA) is 170 Å². The van der Waals surface area contributed by atoms with E-state index in [9.17, 15) is 68.3 Å². The number of carboxylic acid groups (broad SMARTS) is 1. The number of carbonyl (C=O) groups excluding carboxylic acids is 3. The van der Waals surface area contributed by atoms with Gasteiger partial charge in [-0.1, -0.05) is 29.3 Å². The minimum Gasteiger partial charge on any atom is -0.481 e. The largest absolute Gasteiger partial charge is 0.573 e. The molecule has 1 amide bonds. The Morgan fingerprint density at radius 1 is 0.869 bits per heavy atom. The van der Waals surface area contributed by atoms with Crippen LogP contribution in [0.15, 0.2) is 42.7 Å². The van der Waals surface area contributed by atoms with E-state index in [1.165, 1.54) is 12.1 Å². The van der Waals surface area contributed by atoms with Crippen molar-refractivity contribution in [2.45, 2.75) is 93.5 Å². The average Bonchev–Trinajstić information content (AvgIpc) is 3.80. The molecule has 2 aliphatic carbocycles. The number of halogens is 12. The van der Waals surface area contributed by atoms with Crippen molar-refractivity contribution in [3.05, 3.63) is 63.9 Å². The molecule has 0 spiro atoms. The van der Waals surface area contributed by atoms with Gasteiger partial charge in [-0.25, -0.2) is 13.9 Å². The zero-order chi connectivity index (χ0) is 45.3. The van der Waals surface area contributed by atoms with E-state index < -0.39 is 107 Å². The molecule has 0 bridgehead atoms. The number of amides is 1. The zero-order valence-corrected chi connectivity index (χ0v) is 32.1. The van der Waals surface area contributed by atoms with Crippen LogP contribution >= 0.6 is 23.2 Å². The quantitative estimate of drug-likeness (QED) is 0.0985. The van der Waals surface area contributed by atoms with Crippen LogP contribution in [-0.2, 0) is 29.5 Å². The second-order valence-electron chi connectivity index (χ2n) is 13.7. The van der Waals surface area contributed by atoms with Gasteiger partial charge in [0.1, 0.15) is 23.4 Å². The maximum Gasteiger partial charge on any atom is 0.573 e. The number of alkyl halides is 10. The summed E-state index contributed by atoms with van der Waals surface area (Å²) in [5.74, 6) is -4.59. The predicted molar refractivity (Wildman–Crippen MR) is 186 cm³/mol. The number of hydrogen-bond acceptors (Lipinski definition) is 10. The fraction of sp³-hybridized carbons (Fsp3) is 0.444. The summed E-state index contributed by atoms with van der Waals surface area (Å²) in [6, 6.07) is 4.93. The molecule has 0 aliphatic heterocycles. The van der Waals surface area contributed by atoms with Crippen molar-refractivity contribution in [2.75, 3.05) is 6.73 Å². The Hall–Kier alpha value is -5.50. The van der Waals surface area contributed by atoms with Gasteiger partial charge in [-0.05, 0) is 68.4 Å². The van der Waals surface area contributed by atoms with Crippen LogP contribution in [0.4, 0.5) is 48.7 Å². The maximum atomic E-state index is 14.9. The average molecular weight is 922 g/mol. The van der Waals surface area contributed by atoms with E-state index in [-0.39, 0.29) is 72.7 Å². The molecular formula is C36H28Cl2F10N4O9. The van der Waals surface area contributed by atoms with Crippen LogP contribution in [0, 0.1) is 11.3 Å². The third-order valence-corrected chi connectivity index (χ3v) is 10.1. The number of ether oxygens (including phenoxy) is 4. The number of benzene rings is 2. The van der Waals surface area contributed by atoms with E-state index in [1.807, 2.05) is 6.07 Å². The number of aliphatic carboxylic acids is 1. The van der Waals surface area contributed by atoms with Crippen LogP contribution in [0.1, 0.15) is 67.3 Å². The highest BCUT2D eigenvalue weighted by Gasteiger charge is 2.73. The molecule has 2 saturated carbocycles. The van der Waals surface area contributed by atoms with Gasteiger partial charge >= 0.3 is 42.5 Å². The number of nitrogens with zero attached hydrogens (tertiary/aromatic N) is 4. The lowest BCUT2D eigenvalue weighted by atomic mass is 9.93. The van der Waals surface area contributed by atoms with Crippen LogP contribution in [0.3, 0.4) is 0 Å². The molecule has 1 heterocycles. The van der Waals surface area contributed by atoms with Gasteiger partial charge in [0, 0.05) is 17.3 Å². The number of carbonyl (C=O) groups is 4. The minimum absolute atomic E-state index is 0.0344. The Morgan fingerprint density at radius 3 is 2.02 bits per heavy atom. The molecule has 5 rings (SSSR count). The summed E-state index contributed by atoms with van der Waals surface area (Å²) in [5, 5.41) is 20.9. The number of esters is 1. The van der Waals surface area contributed by atoms with Crippen LogP contribution in [0.2, 0.25) is 10.0 Å². The minimum atomic E-state index is -6.71. The molecule has 0 atom stereocenters. The summed E-state index contributed by atoms with van der Waals surface area (Å²) in [5.41, 5.74) is -11.4. The van der Waals surface area contributed by atoms with Gasteiger partial charge in [-0.3, -0.25) is 19.3 Å². The zero-order valence-electron chi connectivity index (χ0n) is 30.6. The van der Waals surface area contributed by atoms with Crippen LogP contribution in [-0.4, -0.2) is 87.0 Å². The van der Waals surface area contributed by atoms with Crippen molar-refractivity contribution >= 4 is 47.2 Å². The lowest BCUT2D eigenvalue weighted by molar-refractivity contribution is -0.348. The monoisotopic (exact) mass is 920 g/mol. The highest BCUT2D eigenvalue weighted by molar-refractivity contribution is 6.34. The fourth-order valence-electron chi connectivity index (χ4n) is 6.24. The predicted octanol–water partition coefficient (Wildman–Crippen LogP) is 9.36. The van der Waals surface area contributed by atoms with Crippen LogP contribution < -0.4 is 4.74 Å².